The summed E-state index contributed by atoms with van der Waals surface area (Å²) in [4.78, 5) is 15.7. The Morgan fingerprint density at radius 2 is 1.85 bits per heavy atom. The SMILES string of the molecule is C[C](CCc1c[nH]c2ccccc12)C(=O)NC(CO)Cc1ccccc1. The molecule has 2 aromatic carbocycles. The lowest BCUT2D eigenvalue weighted by atomic mass is 9.99. The van der Waals surface area contributed by atoms with E-state index in [1.807, 2.05) is 55.6 Å². The van der Waals surface area contributed by atoms with E-state index in [4.69, 9.17) is 0 Å². The number of amides is 1. The lowest BCUT2D eigenvalue weighted by Crippen LogP contribution is -2.41. The molecular formula is C22H25N2O2. The van der Waals surface area contributed by atoms with E-state index in [9.17, 15) is 9.90 Å². The zero-order valence-electron chi connectivity index (χ0n) is 15.0. The number of carbonyl (C=O) groups is 1. The minimum absolute atomic E-state index is 0.0731. The highest BCUT2D eigenvalue weighted by Gasteiger charge is 2.18. The number of carbonyl (C=O) groups excluding carboxylic acids is 1. The van der Waals surface area contributed by atoms with E-state index in [0.29, 0.717) is 12.8 Å². The van der Waals surface area contributed by atoms with Crippen molar-refractivity contribution in [3.05, 3.63) is 77.8 Å². The molecule has 1 heterocycles. The number of benzene rings is 2. The van der Waals surface area contributed by atoms with Gasteiger partial charge in [-0.3, -0.25) is 4.79 Å². The minimum Gasteiger partial charge on any atom is -0.394 e. The van der Waals surface area contributed by atoms with Crippen molar-refractivity contribution in [1.29, 1.82) is 0 Å². The van der Waals surface area contributed by atoms with Crippen LogP contribution < -0.4 is 5.32 Å². The summed E-state index contributed by atoms with van der Waals surface area (Å²) in [7, 11) is 0. The molecule has 1 atom stereocenters. The fraction of sp³-hybridized carbons (Fsp3) is 0.273. The molecule has 0 fully saturated rings. The van der Waals surface area contributed by atoms with Crippen LogP contribution in [0.25, 0.3) is 10.9 Å². The van der Waals surface area contributed by atoms with Crippen LogP contribution in [-0.4, -0.2) is 28.6 Å². The quantitative estimate of drug-likeness (QED) is 0.583. The Balaban J connectivity index is 1.53. The van der Waals surface area contributed by atoms with Crippen LogP contribution in [0.2, 0.25) is 0 Å². The fourth-order valence-corrected chi connectivity index (χ4v) is 3.14. The van der Waals surface area contributed by atoms with Crippen LogP contribution in [0.4, 0.5) is 0 Å². The maximum absolute atomic E-state index is 12.5. The molecule has 26 heavy (non-hydrogen) atoms. The van der Waals surface area contributed by atoms with Gasteiger partial charge in [-0.2, -0.15) is 0 Å². The number of nitrogens with one attached hydrogen (secondary N) is 2. The largest absolute Gasteiger partial charge is 0.394 e. The van der Waals surface area contributed by atoms with Crippen molar-refractivity contribution >= 4 is 16.8 Å². The lowest BCUT2D eigenvalue weighted by Gasteiger charge is -2.19. The monoisotopic (exact) mass is 349 g/mol. The molecule has 3 N–H and O–H groups in total. The second kappa shape index (κ2) is 8.68. The first-order chi connectivity index (χ1) is 12.7. The van der Waals surface area contributed by atoms with Crippen molar-refractivity contribution in [2.24, 2.45) is 0 Å². The van der Waals surface area contributed by atoms with Gasteiger partial charge in [0.1, 0.15) is 0 Å². The summed E-state index contributed by atoms with van der Waals surface area (Å²) in [5.74, 6) is 0.696. The van der Waals surface area contributed by atoms with Crippen molar-refractivity contribution in [3.63, 3.8) is 0 Å². The third-order valence-electron chi connectivity index (χ3n) is 4.71. The van der Waals surface area contributed by atoms with Crippen molar-refractivity contribution in [3.8, 4) is 0 Å². The van der Waals surface area contributed by atoms with Gasteiger partial charge in [0.25, 0.3) is 0 Å². The normalized spacial score (nSPS) is 12.4. The highest BCUT2D eigenvalue weighted by molar-refractivity contribution is 5.90. The van der Waals surface area contributed by atoms with Crippen LogP contribution in [0.15, 0.2) is 60.8 Å². The third kappa shape index (κ3) is 4.52. The van der Waals surface area contributed by atoms with Crippen LogP contribution in [0, 0.1) is 5.92 Å². The van der Waals surface area contributed by atoms with Crippen LogP contribution in [0.1, 0.15) is 24.5 Å². The maximum Gasteiger partial charge on any atom is 0.227 e. The number of aromatic nitrogens is 1. The van der Waals surface area contributed by atoms with Gasteiger partial charge in [0.2, 0.25) is 5.91 Å². The van der Waals surface area contributed by atoms with E-state index in [0.717, 1.165) is 23.4 Å². The highest BCUT2D eigenvalue weighted by Crippen LogP contribution is 2.21. The summed E-state index contributed by atoms with van der Waals surface area (Å²) in [5.41, 5.74) is 3.44. The molecule has 0 aliphatic carbocycles. The van der Waals surface area contributed by atoms with Gasteiger partial charge >= 0.3 is 0 Å². The molecule has 1 radical (unpaired) electrons. The second-order valence-corrected chi connectivity index (χ2v) is 6.68. The Labute approximate surface area is 154 Å². The molecule has 0 aliphatic rings. The van der Waals surface area contributed by atoms with Gasteiger partial charge < -0.3 is 15.4 Å². The highest BCUT2D eigenvalue weighted by atomic mass is 16.3. The number of hydrogen-bond acceptors (Lipinski definition) is 2. The van der Waals surface area contributed by atoms with Crippen LogP contribution >= 0.6 is 0 Å². The molecule has 1 aromatic heterocycles. The predicted molar refractivity (Wildman–Crippen MR) is 105 cm³/mol. The van der Waals surface area contributed by atoms with Crippen molar-refractivity contribution < 1.29 is 9.90 Å². The summed E-state index contributed by atoms with van der Waals surface area (Å²) in [6, 6.07) is 17.8. The molecule has 3 aromatic rings. The maximum atomic E-state index is 12.5. The van der Waals surface area contributed by atoms with E-state index >= 15 is 0 Å². The zero-order chi connectivity index (χ0) is 18.4. The molecule has 0 bridgehead atoms. The first-order valence-electron chi connectivity index (χ1n) is 9.00. The van der Waals surface area contributed by atoms with E-state index < -0.39 is 0 Å². The molecule has 0 saturated heterocycles. The van der Waals surface area contributed by atoms with Gasteiger partial charge in [0.05, 0.1) is 18.6 Å². The average molecular weight is 349 g/mol. The van der Waals surface area contributed by atoms with Crippen molar-refractivity contribution in [1.82, 2.24) is 10.3 Å². The summed E-state index contributed by atoms with van der Waals surface area (Å²) in [6.07, 6.45) is 4.14. The van der Waals surface area contributed by atoms with Gasteiger partial charge in [-0.05, 0) is 43.4 Å². The molecule has 1 amide bonds. The minimum atomic E-state index is -0.270. The van der Waals surface area contributed by atoms with Crippen molar-refractivity contribution in [2.45, 2.75) is 32.2 Å². The Bertz CT molecular complexity index is 841. The standard InChI is InChI=1S/C22H25N2O2/c1-16(11-12-18-14-23-21-10-6-5-9-20(18)21)22(26)24-19(15-25)13-17-7-3-2-4-8-17/h2-10,14,19,23,25H,11-13,15H2,1H3,(H,24,26). The lowest BCUT2D eigenvalue weighted by molar-refractivity contribution is -0.120. The summed E-state index contributed by atoms with van der Waals surface area (Å²) < 4.78 is 0. The van der Waals surface area contributed by atoms with Crippen LogP contribution in [0.5, 0.6) is 0 Å². The van der Waals surface area contributed by atoms with E-state index in [1.165, 1.54) is 10.9 Å². The molecule has 0 spiro atoms. The van der Waals surface area contributed by atoms with Gasteiger partial charge in [0.15, 0.2) is 0 Å². The fourth-order valence-electron chi connectivity index (χ4n) is 3.14. The topological polar surface area (TPSA) is 65.1 Å². The number of aryl methyl sites for hydroxylation is 1. The molecule has 0 saturated carbocycles. The van der Waals surface area contributed by atoms with E-state index in [2.05, 4.69) is 22.4 Å². The third-order valence-corrected chi connectivity index (χ3v) is 4.71. The van der Waals surface area contributed by atoms with Gasteiger partial charge in [-0.25, -0.2) is 0 Å². The van der Waals surface area contributed by atoms with E-state index in [-0.39, 0.29) is 18.6 Å². The number of aliphatic hydroxyl groups excluding tert-OH is 1. The molecule has 3 rings (SSSR count). The average Bonchev–Trinajstić information content (AvgIpc) is 3.09. The first-order valence-corrected chi connectivity index (χ1v) is 9.00. The number of rotatable bonds is 8. The summed E-state index contributed by atoms with van der Waals surface area (Å²) >= 11 is 0. The van der Waals surface area contributed by atoms with Gasteiger partial charge in [-0.1, -0.05) is 48.5 Å². The summed E-state index contributed by atoms with van der Waals surface area (Å²) in [5, 5.41) is 13.7. The number of hydrogen-bond donors (Lipinski definition) is 3. The van der Waals surface area contributed by atoms with Crippen molar-refractivity contribution in [2.75, 3.05) is 6.61 Å². The molecular weight excluding hydrogens is 324 g/mol. The number of H-pyrrole nitrogens is 1. The van der Waals surface area contributed by atoms with E-state index in [1.54, 1.807) is 0 Å². The Kier molecular flexibility index (Phi) is 6.08. The first kappa shape index (κ1) is 18.2. The Morgan fingerprint density at radius 1 is 1.12 bits per heavy atom. The molecule has 1 unspecified atom stereocenters. The summed E-state index contributed by atoms with van der Waals surface area (Å²) in [6.45, 7) is 1.79. The van der Waals surface area contributed by atoms with Crippen LogP contribution in [-0.2, 0) is 17.6 Å². The molecule has 4 heteroatoms. The second-order valence-electron chi connectivity index (χ2n) is 6.68. The number of para-hydroxylation sites is 1. The zero-order valence-corrected chi connectivity index (χ0v) is 15.0. The van der Waals surface area contributed by atoms with Crippen LogP contribution in [0.3, 0.4) is 0 Å². The Hall–Kier alpha value is -2.59. The Morgan fingerprint density at radius 3 is 2.62 bits per heavy atom. The smallest absolute Gasteiger partial charge is 0.227 e. The van der Waals surface area contributed by atoms with Gasteiger partial charge in [0, 0.05) is 17.1 Å². The van der Waals surface area contributed by atoms with Gasteiger partial charge in [-0.15, -0.1) is 0 Å². The number of aliphatic hydroxyl groups is 1. The predicted octanol–water partition coefficient (Wildman–Crippen LogP) is 3.41. The number of fused-ring (bicyclic) bond motifs is 1. The number of aromatic amines is 1. The molecule has 4 nitrogen and oxygen atoms in total. The molecule has 0 aliphatic heterocycles. The molecule has 135 valence electrons.